The van der Waals surface area contributed by atoms with E-state index in [0.29, 0.717) is 13.2 Å². The number of rotatable bonds is 8. The van der Waals surface area contributed by atoms with E-state index < -0.39 is 0 Å². The smallest absolute Gasteiger partial charge is 0.250 e. The van der Waals surface area contributed by atoms with Gasteiger partial charge in [0.25, 0.3) is 0 Å². The summed E-state index contributed by atoms with van der Waals surface area (Å²) in [6.45, 7) is 2.91. The molecule has 0 heterocycles. The first-order chi connectivity index (χ1) is 15.1. The molecule has 0 saturated heterocycles. The summed E-state index contributed by atoms with van der Waals surface area (Å²) >= 11 is 5.20. The molecule has 1 amide bonds. The normalized spacial score (nSPS) is 10.5. The summed E-state index contributed by atoms with van der Waals surface area (Å²) in [5, 5.41) is 5.83. The first kappa shape index (κ1) is 22.1. The first-order valence-corrected chi connectivity index (χ1v) is 10.3. The maximum atomic E-state index is 12.0. The molecule has 0 aliphatic heterocycles. The highest BCUT2D eigenvalue weighted by Crippen LogP contribution is 2.16. The minimum absolute atomic E-state index is 0.225. The van der Waals surface area contributed by atoms with E-state index in [9.17, 15) is 4.79 Å². The van der Waals surface area contributed by atoms with Crippen LogP contribution in [0.3, 0.4) is 0 Å². The quantitative estimate of drug-likeness (QED) is 0.299. The third kappa shape index (κ3) is 7.95. The molecule has 5 nitrogen and oxygen atoms in total. The van der Waals surface area contributed by atoms with Gasteiger partial charge in [-0.05, 0) is 67.2 Å². The molecule has 0 aliphatic carbocycles. The summed E-state index contributed by atoms with van der Waals surface area (Å²) in [6.07, 6.45) is 3.19. The average molecular weight is 433 g/mol. The number of aryl methyl sites for hydroxylation is 1. The zero-order valence-corrected chi connectivity index (χ0v) is 18.0. The van der Waals surface area contributed by atoms with Crippen LogP contribution < -0.4 is 20.1 Å². The average Bonchev–Trinajstić information content (AvgIpc) is 2.78. The minimum atomic E-state index is -0.295. The van der Waals surface area contributed by atoms with Crippen LogP contribution in [0.1, 0.15) is 11.1 Å². The highest BCUT2D eigenvalue weighted by atomic mass is 32.1. The number of benzene rings is 3. The predicted octanol–water partition coefficient (Wildman–Crippen LogP) is 4.98. The molecule has 0 bridgehead atoms. The van der Waals surface area contributed by atoms with Crippen LogP contribution in [-0.2, 0) is 4.79 Å². The van der Waals surface area contributed by atoms with Crippen molar-refractivity contribution in [2.24, 2.45) is 0 Å². The van der Waals surface area contributed by atoms with E-state index in [1.54, 1.807) is 6.08 Å². The van der Waals surface area contributed by atoms with E-state index in [1.165, 1.54) is 11.6 Å². The molecule has 0 radical (unpaired) electrons. The van der Waals surface area contributed by atoms with E-state index in [-0.39, 0.29) is 11.0 Å². The van der Waals surface area contributed by atoms with Gasteiger partial charge in [-0.2, -0.15) is 0 Å². The summed E-state index contributed by atoms with van der Waals surface area (Å²) in [4.78, 5) is 12.0. The SMILES string of the molecule is Cc1ccc(C=CC(=O)NC(=S)Nc2ccc(OCCOc3ccccc3)cc2)cc1. The monoisotopic (exact) mass is 432 g/mol. The molecule has 0 fully saturated rings. The van der Waals surface area contributed by atoms with E-state index in [4.69, 9.17) is 21.7 Å². The lowest BCUT2D eigenvalue weighted by atomic mass is 10.1. The second-order valence-corrected chi connectivity index (χ2v) is 7.13. The molecule has 0 aromatic heterocycles. The minimum Gasteiger partial charge on any atom is -0.490 e. The van der Waals surface area contributed by atoms with Gasteiger partial charge in [0.15, 0.2) is 5.11 Å². The fourth-order valence-electron chi connectivity index (χ4n) is 2.64. The van der Waals surface area contributed by atoms with Crippen molar-refractivity contribution in [2.75, 3.05) is 18.5 Å². The van der Waals surface area contributed by atoms with Gasteiger partial charge in [-0.1, -0.05) is 48.0 Å². The maximum Gasteiger partial charge on any atom is 0.250 e. The largest absolute Gasteiger partial charge is 0.490 e. The number of amides is 1. The van der Waals surface area contributed by atoms with Gasteiger partial charge in [0, 0.05) is 11.8 Å². The van der Waals surface area contributed by atoms with E-state index in [2.05, 4.69) is 10.6 Å². The Morgan fingerprint density at radius 2 is 1.48 bits per heavy atom. The molecule has 31 heavy (non-hydrogen) atoms. The third-order valence-electron chi connectivity index (χ3n) is 4.22. The number of hydrogen-bond donors (Lipinski definition) is 2. The molecule has 0 saturated carbocycles. The van der Waals surface area contributed by atoms with Crippen LogP contribution in [0.4, 0.5) is 5.69 Å². The number of hydrogen-bond acceptors (Lipinski definition) is 4. The number of carbonyl (C=O) groups is 1. The predicted molar refractivity (Wildman–Crippen MR) is 128 cm³/mol. The highest BCUT2D eigenvalue weighted by Gasteiger charge is 2.03. The van der Waals surface area contributed by atoms with Crippen LogP contribution in [0.2, 0.25) is 0 Å². The number of nitrogens with one attached hydrogen (secondary N) is 2. The van der Waals surface area contributed by atoms with Crippen molar-refractivity contribution in [1.82, 2.24) is 5.32 Å². The fourth-order valence-corrected chi connectivity index (χ4v) is 2.85. The van der Waals surface area contributed by atoms with Gasteiger partial charge in [0.05, 0.1) is 0 Å². The lowest BCUT2D eigenvalue weighted by Crippen LogP contribution is -2.32. The Bertz CT molecular complexity index is 1020. The van der Waals surface area contributed by atoms with Crippen LogP contribution >= 0.6 is 12.2 Å². The number of anilines is 1. The molecular weight excluding hydrogens is 408 g/mol. The van der Waals surface area contributed by atoms with E-state index in [1.807, 2.05) is 85.8 Å². The molecule has 0 atom stereocenters. The maximum absolute atomic E-state index is 12.0. The number of para-hydroxylation sites is 1. The summed E-state index contributed by atoms with van der Waals surface area (Å²) < 4.78 is 11.3. The summed E-state index contributed by atoms with van der Waals surface area (Å²) in [6, 6.07) is 24.8. The lowest BCUT2D eigenvalue weighted by molar-refractivity contribution is -0.115. The van der Waals surface area contributed by atoms with Crippen molar-refractivity contribution in [3.05, 3.63) is 96.1 Å². The van der Waals surface area contributed by atoms with Crippen LogP contribution in [0.5, 0.6) is 11.5 Å². The molecule has 0 spiro atoms. The molecule has 0 unspecified atom stereocenters. The van der Waals surface area contributed by atoms with Crippen molar-refractivity contribution >= 4 is 35.0 Å². The second-order valence-electron chi connectivity index (χ2n) is 6.72. The van der Waals surface area contributed by atoms with Crippen molar-refractivity contribution in [3.8, 4) is 11.5 Å². The van der Waals surface area contributed by atoms with Crippen LogP contribution in [0, 0.1) is 6.92 Å². The third-order valence-corrected chi connectivity index (χ3v) is 4.42. The van der Waals surface area contributed by atoms with Gasteiger partial charge in [0.2, 0.25) is 5.91 Å². The molecule has 3 aromatic rings. The van der Waals surface area contributed by atoms with E-state index >= 15 is 0 Å². The molecule has 2 N–H and O–H groups in total. The van der Waals surface area contributed by atoms with Gasteiger partial charge < -0.3 is 14.8 Å². The van der Waals surface area contributed by atoms with Gasteiger partial charge in [-0.3, -0.25) is 10.1 Å². The van der Waals surface area contributed by atoms with Crippen molar-refractivity contribution in [2.45, 2.75) is 6.92 Å². The number of thiocarbonyl (C=S) groups is 1. The molecule has 6 heteroatoms. The summed E-state index contributed by atoms with van der Waals surface area (Å²) in [7, 11) is 0. The van der Waals surface area contributed by atoms with Crippen LogP contribution in [0.15, 0.2) is 84.9 Å². The molecule has 0 aliphatic rings. The molecule has 3 aromatic carbocycles. The Morgan fingerprint density at radius 3 is 2.13 bits per heavy atom. The van der Waals surface area contributed by atoms with Crippen LogP contribution in [0.25, 0.3) is 6.08 Å². The van der Waals surface area contributed by atoms with Gasteiger partial charge >= 0.3 is 0 Å². The van der Waals surface area contributed by atoms with Crippen molar-refractivity contribution < 1.29 is 14.3 Å². The van der Waals surface area contributed by atoms with Crippen LogP contribution in [-0.4, -0.2) is 24.2 Å². The van der Waals surface area contributed by atoms with E-state index in [0.717, 1.165) is 22.7 Å². The molecule has 158 valence electrons. The molecular formula is C25H24N2O3S. The Labute approximate surface area is 187 Å². The first-order valence-electron chi connectivity index (χ1n) is 9.86. The number of carbonyl (C=O) groups excluding carboxylic acids is 1. The van der Waals surface area contributed by atoms with Crippen molar-refractivity contribution in [3.63, 3.8) is 0 Å². The summed E-state index contributed by atoms with van der Waals surface area (Å²) in [5.41, 5.74) is 2.87. The lowest BCUT2D eigenvalue weighted by Gasteiger charge is -2.10. The fraction of sp³-hybridized carbons (Fsp3) is 0.120. The molecule has 3 rings (SSSR count). The topological polar surface area (TPSA) is 59.6 Å². The van der Waals surface area contributed by atoms with Gasteiger partial charge in [0.1, 0.15) is 24.7 Å². The Kier molecular flexibility index (Phi) is 8.20. The van der Waals surface area contributed by atoms with Crippen molar-refractivity contribution in [1.29, 1.82) is 0 Å². The Hall–Kier alpha value is -3.64. The van der Waals surface area contributed by atoms with Gasteiger partial charge in [-0.25, -0.2) is 0 Å². The summed E-state index contributed by atoms with van der Waals surface area (Å²) in [5.74, 6) is 1.24. The Balaban J connectivity index is 1.38. The van der Waals surface area contributed by atoms with Gasteiger partial charge in [-0.15, -0.1) is 0 Å². The zero-order valence-electron chi connectivity index (χ0n) is 17.2. The zero-order chi connectivity index (χ0) is 21.9. The second kappa shape index (κ2) is 11.5. The highest BCUT2D eigenvalue weighted by molar-refractivity contribution is 7.80. The standard InChI is InChI=1S/C25H24N2O3S/c1-19-7-9-20(10-8-19)11-16-24(28)27-25(31)26-21-12-14-23(15-13-21)30-18-17-29-22-5-3-2-4-6-22/h2-16H,17-18H2,1H3,(H2,26,27,28,31). The number of ether oxygens (including phenoxy) is 2. The Morgan fingerprint density at radius 1 is 0.871 bits per heavy atom.